The van der Waals surface area contributed by atoms with Crippen molar-refractivity contribution in [1.82, 2.24) is 0 Å². The highest BCUT2D eigenvalue weighted by Crippen LogP contribution is 2.58. The van der Waals surface area contributed by atoms with Gasteiger partial charge in [0.2, 0.25) is 11.7 Å². The fraction of sp³-hybridized carbons (Fsp3) is 0.750. The third-order valence-electron chi connectivity index (χ3n) is 4.35. The fourth-order valence-electron chi connectivity index (χ4n) is 3.33. The van der Waals surface area contributed by atoms with Gasteiger partial charge in [-0.05, 0) is 13.8 Å². The molecule has 0 amide bonds. The Hall–Kier alpha value is -1.36. The first-order valence-electron chi connectivity index (χ1n) is 7.90. The molecule has 0 radical (unpaired) electrons. The molecule has 0 N–H and O–H groups in total. The topological polar surface area (TPSA) is 71.1 Å². The Morgan fingerprint density at radius 3 is 2.70 bits per heavy atom. The molecule has 126 valence electrons. The second kappa shape index (κ2) is 4.82. The van der Waals surface area contributed by atoms with Crippen molar-refractivity contribution < 1.29 is 28.5 Å². The average Bonchev–Trinajstić information content (AvgIpc) is 2.84. The second-order valence-corrected chi connectivity index (χ2v) is 12.2. The van der Waals surface area contributed by atoms with Crippen LogP contribution in [-0.4, -0.2) is 49.7 Å². The van der Waals surface area contributed by atoms with E-state index in [0.717, 1.165) is 0 Å². The van der Waals surface area contributed by atoms with Crippen LogP contribution in [-0.2, 0) is 28.5 Å². The minimum absolute atomic E-state index is 0.180. The van der Waals surface area contributed by atoms with Crippen molar-refractivity contribution in [2.45, 2.75) is 69.4 Å². The Morgan fingerprint density at radius 2 is 2.09 bits per heavy atom. The van der Waals surface area contributed by atoms with Crippen LogP contribution in [0.3, 0.4) is 0 Å². The first-order valence-corrected chi connectivity index (χ1v) is 11.4. The molecule has 3 saturated heterocycles. The molecule has 0 aromatic carbocycles. The smallest absolute Gasteiger partial charge is 0.347 e. The molecule has 0 saturated carbocycles. The van der Waals surface area contributed by atoms with Crippen LogP contribution in [0, 0.1) is 11.5 Å². The Labute approximate surface area is 136 Å². The van der Waals surface area contributed by atoms with E-state index >= 15 is 0 Å². The number of ether oxygens (including phenoxy) is 4. The third kappa shape index (κ3) is 2.23. The molecule has 6 nitrogen and oxygen atoms in total. The third-order valence-corrected chi connectivity index (χ3v) is 5.23. The standard InChI is InChI=1S/C16H22O6Si/c1-6-19-13(18)16-11-12(17)21-15(16,9-10-23(3,4)5)8-7-14(2,20-11)22-16/h11H,6-8H2,1-5H3. The van der Waals surface area contributed by atoms with E-state index in [2.05, 4.69) is 31.1 Å². The minimum Gasteiger partial charge on any atom is -0.464 e. The number of hydrogen-bond donors (Lipinski definition) is 0. The van der Waals surface area contributed by atoms with Crippen LogP contribution in [0.1, 0.15) is 26.7 Å². The van der Waals surface area contributed by atoms with Gasteiger partial charge in [-0.2, -0.15) is 0 Å². The van der Waals surface area contributed by atoms with Gasteiger partial charge < -0.3 is 18.9 Å². The summed E-state index contributed by atoms with van der Waals surface area (Å²) in [6.45, 7) is 9.87. The predicted octanol–water partition coefficient (Wildman–Crippen LogP) is 1.39. The summed E-state index contributed by atoms with van der Waals surface area (Å²) in [6.07, 6.45) is -0.231. The van der Waals surface area contributed by atoms with Crippen molar-refractivity contribution in [2.24, 2.45) is 0 Å². The number of rotatable bonds is 2. The Balaban J connectivity index is 2.15. The van der Waals surface area contributed by atoms with E-state index in [4.69, 9.17) is 18.9 Å². The first kappa shape index (κ1) is 16.5. The van der Waals surface area contributed by atoms with Crippen molar-refractivity contribution in [1.29, 1.82) is 0 Å². The van der Waals surface area contributed by atoms with E-state index in [1.807, 2.05) is 0 Å². The quantitative estimate of drug-likeness (QED) is 0.430. The van der Waals surface area contributed by atoms with Gasteiger partial charge in [-0.1, -0.05) is 25.6 Å². The molecule has 3 fully saturated rings. The molecule has 0 spiro atoms. The van der Waals surface area contributed by atoms with Gasteiger partial charge in [0.15, 0.2) is 5.79 Å². The van der Waals surface area contributed by atoms with Crippen LogP contribution in [0.4, 0.5) is 0 Å². The summed E-state index contributed by atoms with van der Waals surface area (Å²) in [5, 5.41) is 0. The van der Waals surface area contributed by atoms with E-state index in [1.54, 1.807) is 13.8 Å². The van der Waals surface area contributed by atoms with Gasteiger partial charge in [0, 0.05) is 12.8 Å². The Morgan fingerprint density at radius 1 is 1.39 bits per heavy atom. The van der Waals surface area contributed by atoms with E-state index in [1.165, 1.54) is 0 Å². The van der Waals surface area contributed by atoms with Crippen LogP contribution >= 0.6 is 0 Å². The number of fused-ring (bicyclic) bond motifs is 1. The van der Waals surface area contributed by atoms with Crippen LogP contribution in [0.2, 0.25) is 19.6 Å². The zero-order chi connectivity index (χ0) is 17.1. The normalized spacial score (nSPS) is 41.1. The summed E-state index contributed by atoms with van der Waals surface area (Å²) < 4.78 is 22.5. The predicted molar refractivity (Wildman–Crippen MR) is 82.9 cm³/mol. The van der Waals surface area contributed by atoms with Crippen molar-refractivity contribution in [2.75, 3.05) is 6.61 Å². The molecule has 4 atom stereocenters. The zero-order valence-electron chi connectivity index (χ0n) is 14.1. The highest BCUT2D eigenvalue weighted by molar-refractivity contribution is 6.83. The number of carbonyl (C=O) groups is 2. The second-order valence-electron chi connectivity index (χ2n) is 7.44. The van der Waals surface area contributed by atoms with Gasteiger partial charge >= 0.3 is 11.9 Å². The molecular formula is C16H22O6Si. The Kier molecular flexibility index (Phi) is 3.46. The van der Waals surface area contributed by atoms with Gasteiger partial charge in [-0.15, -0.1) is 5.54 Å². The van der Waals surface area contributed by atoms with E-state index in [-0.39, 0.29) is 6.61 Å². The van der Waals surface area contributed by atoms with Gasteiger partial charge in [-0.3, -0.25) is 0 Å². The molecule has 0 aliphatic carbocycles. The molecule has 3 aliphatic heterocycles. The van der Waals surface area contributed by atoms with E-state index in [9.17, 15) is 9.59 Å². The van der Waals surface area contributed by atoms with Crippen molar-refractivity contribution in [3.05, 3.63) is 0 Å². The zero-order valence-corrected chi connectivity index (χ0v) is 15.1. The van der Waals surface area contributed by atoms with Crippen LogP contribution in [0.15, 0.2) is 0 Å². The molecule has 2 bridgehead atoms. The van der Waals surface area contributed by atoms with Gasteiger partial charge in [-0.25, -0.2) is 9.59 Å². The number of esters is 2. The highest BCUT2D eigenvalue weighted by atomic mass is 28.3. The van der Waals surface area contributed by atoms with E-state index in [0.29, 0.717) is 12.8 Å². The lowest BCUT2D eigenvalue weighted by Gasteiger charge is -2.42. The lowest BCUT2D eigenvalue weighted by Crippen LogP contribution is -2.63. The molecular weight excluding hydrogens is 316 g/mol. The lowest BCUT2D eigenvalue weighted by atomic mass is 9.76. The SMILES string of the molecule is CCOC(=O)C12OC3(C)CCC1(C#C[Si](C)(C)C)OC(=O)C2O3. The fourth-order valence-corrected chi connectivity index (χ4v) is 3.91. The van der Waals surface area contributed by atoms with Crippen LogP contribution < -0.4 is 0 Å². The van der Waals surface area contributed by atoms with Crippen molar-refractivity contribution in [3.8, 4) is 11.5 Å². The number of carbonyl (C=O) groups excluding carboxylic acids is 2. The minimum atomic E-state index is -1.74. The summed E-state index contributed by atoms with van der Waals surface area (Å²) in [7, 11) is -1.74. The van der Waals surface area contributed by atoms with Gasteiger partial charge in [0.1, 0.15) is 8.07 Å². The van der Waals surface area contributed by atoms with Crippen molar-refractivity contribution in [3.63, 3.8) is 0 Å². The van der Waals surface area contributed by atoms with Crippen LogP contribution in [0.25, 0.3) is 0 Å². The maximum atomic E-state index is 12.7. The molecule has 23 heavy (non-hydrogen) atoms. The Bertz CT molecular complexity index is 629. The van der Waals surface area contributed by atoms with Crippen LogP contribution in [0.5, 0.6) is 0 Å². The summed E-state index contributed by atoms with van der Waals surface area (Å²) in [6, 6.07) is 0. The molecule has 7 heteroatoms. The lowest BCUT2D eigenvalue weighted by molar-refractivity contribution is -0.256. The van der Waals surface area contributed by atoms with Gasteiger partial charge in [0.05, 0.1) is 6.61 Å². The molecule has 3 heterocycles. The molecule has 3 rings (SSSR count). The average molecular weight is 338 g/mol. The van der Waals surface area contributed by atoms with Gasteiger partial charge in [0.25, 0.3) is 5.60 Å². The largest absolute Gasteiger partial charge is 0.464 e. The molecule has 0 aromatic rings. The maximum Gasteiger partial charge on any atom is 0.347 e. The summed E-state index contributed by atoms with van der Waals surface area (Å²) in [4.78, 5) is 25.1. The van der Waals surface area contributed by atoms with E-state index < -0.39 is 43.1 Å². The maximum absolute atomic E-state index is 12.7. The molecule has 4 unspecified atom stereocenters. The monoisotopic (exact) mass is 338 g/mol. The first-order chi connectivity index (χ1) is 10.6. The summed E-state index contributed by atoms with van der Waals surface area (Å²) >= 11 is 0. The van der Waals surface area contributed by atoms with Crippen molar-refractivity contribution >= 4 is 20.0 Å². The highest BCUT2D eigenvalue weighted by Gasteiger charge is 2.82. The molecule has 0 aromatic heterocycles. The number of hydrogen-bond acceptors (Lipinski definition) is 6. The summed E-state index contributed by atoms with van der Waals surface area (Å²) in [5.41, 5.74) is 0.269. The molecule has 3 aliphatic rings. The summed E-state index contributed by atoms with van der Waals surface area (Å²) in [5.74, 6) is 0.860.